The molecule has 0 N–H and O–H groups in total. The number of rotatable bonds is 6. The van der Waals surface area contributed by atoms with Crippen LogP contribution in [0.5, 0.6) is 5.75 Å². The molecule has 2 aliphatic rings. The van der Waals surface area contributed by atoms with Gasteiger partial charge in [0, 0.05) is 10.4 Å². The van der Waals surface area contributed by atoms with Crippen molar-refractivity contribution in [2.24, 2.45) is 0 Å². The molecule has 0 amide bonds. The second-order valence-electron chi connectivity index (χ2n) is 6.30. The summed E-state index contributed by atoms with van der Waals surface area (Å²) in [5, 5.41) is 10.9. The topological polar surface area (TPSA) is 80.1 Å². The highest BCUT2D eigenvalue weighted by atomic mass is 16.6. The third-order valence-electron chi connectivity index (χ3n) is 4.44. The van der Waals surface area contributed by atoms with E-state index in [9.17, 15) is 10.1 Å². The second-order valence-corrected chi connectivity index (χ2v) is 6.30. The lowest BCUT2D eigenvalue weighted by atomic mass is 9.77. The maximum Gasteiger partial charge on any atom is 0.499 e. The average Bonchev–Trinajstić information content (AvgIpc) is 2.87. The van der Waals surface area contributed by atoms with Crippen molar-refractivity contribution in [1.82, 2.24) is 0 Å². The van der Waals surface area contributed by atoms with Crippen molar-refractivity contribution in [1.29, 1.82) is 0 Å². The van der Waals surface area contributed by atoms with E-state index < -0.39 is 13.2 Å². The quantitative estimate of drug-likeness (QED) is 0.446. The Kier molecular flexibility index (Phi) is 4.88. The largest absolute Gasteiger partial charge is 0.499 e. The summed E-state index contributed by atoms with van der Waals surface area (Å²) < 4.78 is 23.4. The van der Waals surface area contributed by atoms with Gasteiger partial charge in [-0.2, -0.15) is 0 Å². The lowest BCUT2D eigenvalue weighted by Gasteiger charge is -2.18. The maximum absolute atomic E-state index is 10.9. The molecule has 0 fully saturated rings. The Morgan fingerprint density at radius 3 is 2.81 bits per heavy atom. The number of benzene rings is 2. The predicted molar refractivity (Wildman–Crippen MR) is 94.0 cm³/mol. The molecule has 2 aromatic carbocycles. The van der Waals surface area contributed by atoms with Crippen LogP contribution in [-0.2, 0) is 20.7 Å². The van der Waals surface area contributed by atoms with Gasteiger partial charge < -0.3 is 18.8 Å². The molecule has 2 aromatic rings. The maximum atomic E-state index is 10.9. The fourth-order valence-corrected chi connectivity index (χ4v) is 3.25. The molecule has 0 saturated carbocycles. The van der Waals surface area contributed by atoms with Crippen LogP contribution >= 0.6 is 0 Å². The standard InChI is InChI=1S/C18H18BNO6/c21-20(22)9-17-15-7-4-8-16-18(15)19(26-17)25-14(12-24-16)11-23-10-13-5-2-1-3-6-13/h1-8,14,17H,9-12H2/t14-,17?/m0/s1. The first kappa shape index (κ1) is 17.0. The van der Waals surface area contributed by atoms with Gasteiger partial charge in [0.15, 0.2) is 0 Å². The number of hydrogen-bond acceptors (Lipinski definition) is 6. The third kappa shape index (κ3) is 3.57. The molecule has 2 aliphatic heterocycles. The molecule has 8 heteroatoms. The Balaban J connectivity index is 1.43. The lowest BCUT2D eigenvalue weighted by Crippen LogP contribution is -2.37. The van der Waals surface area contributed by atoms with Gasteiger partial charge in [-0.15, -0.1) is 0 Å². The summed E-state index contributed by atoms with van der Waals surface area (Å²) in [7, 11) is -0.668. The summed E-state index contributed by atoms with van der Waals surface area (Å²) in [6, 6.07) is 15.3. The fourth-order valence-electron chi connectivity index (χ4n) is 3.25. The summed E-state index contributed by atoms with van der Waals surface area (Å²) in [6.45, 7) is 0.864. The van der Waals surface area contributed by atoms with Gasteiger partial charge in [0.1, 0.15) is 24.6 Å². The van der Waals surface area contributed by atoms with Crippen LogP contribution in [0.4, 0.5) is 0 Å². The van der Waals surface area contributed by atoms with E-state index in [1.54, 1.807) is 0 Å². The van der Waals surface area contributed by atoms with Crippen LogP contribution in [0, 0.1) is 10.1 Å². The number of nitro groups is 1. The van der Waals surface area contributed by atoms with Crippen LogP contribution in [0.1, 0.15) is 17.2 Å². The number of hydrogen-bond donors (Lipinski definition) is 0. The van der Waals surface area contributed by atoms with E-state index in [-0.39, 0.29) is 17.6 Å². The molecule has 0 radical (unpaired) electrons. The van der Waals surface area contributed by atoms with E-state index in [1.165, 1.54) is 0 Å². The molecule has 2 atom stereocenters. The fraction of sp³-hybridized carbons (Fsp3) is 0.333. The Morgan fingerprint density at radius 2 is 2.00 bits per heavy atom. The number of nitrogens with zero attached hydrogens (tertiary/aromatic N) is 1. The Morgan fingerprint density at radius 1 is 1.15 bits per heavy atom. The van der Waals surface area contributed by atoms with Crippen molar-refractivity contribution in [2.75, 3.05) is 19.8 Å². The van der Waals surface area contributed by atoms with E-state index in [4.69, 9.17) is 18.8 Å². The van der Waals surface area contributed by atoms with E-state index in [1.807, 2.05) is 48.5 Å². The first-order chi connectivity index (χ1) is 12.7. The summed E-state index contributed by atoms with van der Waals surface area (Å²) in [5.74, 6) is 0.656. The molecule has 0 aromatic heterocycles. The molecule has 0 spiro atoms. The van der Waals surface area contributed by atoms with Crippen LogP contribution < -0.4 is 10.2 Å². The molecule has 134 valence electrons. The van der Waals surface area contributed by atoms with Gasteiger partial charge >= 0.3 is 7.12 Å². The van der Waals surface area contributed by atoms with Crippen LogP contribution in [0.3, 0.4) is 0 Å². The molecule has 1 unspecified atom stereocenters. The molecule has 7 nitrogen and oxygen atoms in total. The van der Waals surface area contributed by atoms with Crippen LogP contribution in [0.25, 0.3) is 0 Å². The second kappa shape index (κ2) is 7.45. The van der Waals surface area contributed by atoms with Crippen molar-refractivity contribution >= 4 is 12.6 Å². The Labute approximate surface area is 151 Å². The Hall–Kier alpha value is -2.42. The van der Waals surface area contributed by atoms with E-state index >= 15 is 0 Å². The summed E-state index contributed by atoms with van der Waals surface area (Å²) in [4.78, 5) is 10.5. The first-order valence-corrected chi connectivity index (χ1v) is 8.50. The van der Waals surface area contributed by atoms with Gasteiger partial charge in [-0.05, 0) is 17.2 Å². The summed E-state index contributed by atoms with van der Waals surface area (Å²) in [6.07, 6.45) is -0.948. The highest BCUT2D eigenvalue weighted by Crippen LogP contribution is 2.31. The highest BCUT2D eigenvalue weighted by Gasteiger charge is 2.45. The third-order valence-corrected chi connectivity index (χ3v) is 4.44. The van der Waals surface area contributed by atoms with E-state index in [2.05, 4.69) is 0 Å². The average molecular weight is 355 g/mol. The zero-order valence-corrected chi connectivity index (χ0v) is 14.1. The molecule has 0 aliphatic carbocycles. The molecular weight excluding hydrogens is 337 g/mol. The molecule has 0 saturated heterocycles. The van der Waals surface area contributed by atoms with Crippen LogP contribution in [0.2, 0.25) is 0 Å². The highest BCUT2D eigenvalue weighted by molar-refractivity contribution is 6.64. The zero-order chi connectivity index (χ0) is 17.9. The van der Waals surface area contributed by atoms with Gasteiger partial charge in [-0.25, -0.2) is 0 Å². The van der Waals surface area contributed by atoms with Gasteiger partial charge in [0.2, 0.25) is 6.54 Å². The van der Waals surface area contributed by atoms with Crippen molar-refractivity contribution in [2.45, 2.75) is 18.8 Å². The Bertz CT molecular complexity index is 787. The smallest absolute Gasteiger partial charge is 0.491 e. The van der Waals surface area contributed by atoms with Gasteiger partial charge in [-0.3, -0.25) is 10.1 Å². The minimum absolute atomic E-state index is 0.300. The monoisotopic (exact) mass is 355 g/mol. The molecule has 2 heterocycles. The van der Waals surface area contributed by atoms with Gasteiger partial charge in [-0.1, -0.05) is 42.5 Å². The van der Waals surface area contributed by atoms with Crippen molar-refractivity contribution in [3.63, 3.8) is 0 Å². The minimum Gasteiger partial charge on any atom is -0.491 e. The summed E-state index contributed by atoms with van der Waals surface area (Å²) in [5.41, 5.74) is 2.59. The van der Waals surface area contributed by atoms with Crippen molar-refractivity contribution in [3.8, 4) is 5.75 Å². The molecular formula is C18H18BNO6. The molecule has 0 bridgehead atoms. The van der Waals surface area contributed by atoms with Crippen LogP contribution in [-0.4, -0.2) is 37.9 Å². The zero-order valence-electron chi connectivity index (χ0n) is 14.1. The van der Waals surface area contributed by atoms with E-state index in [0.29, 0.717) is 25.6 Å². The van der Waals surface area contributed by atoms with Crippen molar-refractivity contribution in [3.05, 3.63) is 69.8 Å². The number of ether oxygens (including phenoxy) is 2. The SMILES string of the molecule is O=[N+]([O-])CC1OB2O[C@@H](COCc3ccccc3)COc3cccc1c32. The minimum atomic E-state index is -0.668. The molecule has 4 rings (SSSR count). The predicted octanol–water partition coefficient (Wildman–Crippen LogP) is 1.72. The van der Waals surface area contributed by atoms with Crippen molar-refractivity contribution < 1.29 is 23.7 Å². The first-order valence-electron chi connectivity index (χ1n) is 8.50. The molecule has 26 heavy (non-hydrogen) atoms. The summed E-state index contributed by atoms with van der Waals surface area (Å²) >= 11 is 0. The lowest BCUT2D eigenvalue weighted by molar-refractivity contribution is -0.490. The normalized spacial score (nSPS) is 21.0. The van der Waals surface area contributed by atoms with Crippen LogP contribution in [0.15, 0.2) is 48.5 Å². The van der Waals surface area contributed by atoms with Gasteiger partial charge in [0.05, 0.1) is 13.2 Å². The van der Waals surface area contributed by atoms with Gasteiger partial charge in [0.25, 0.3) is 0 Å². The van der Waals surface area contributed by atoms with E-state index in [0.717, 1.165) is 16.6 Å².